The molecule has 0 aliphatic carbocycles. The van der Waals surface area contributed by atoms with Gasteiger partial charge in [0.15, 0.2) is 5.76 Å². The number of halogens is 3. The van der Waals surface area contributed by atoms with Crippen molar-refractivity contribution < 1.29 is 32.3 Å². The number of benzene rings is 1. The Bertz CT molecular complexity index is 1170. The quantitative estimate of drug-likeness (QED) is 0.496. The van der Waals surface area contributed by atoms with Gasteiger partial charge in [-0.25, -0.2) is 9.78 Å². The molecule has 0 unspecified atom stereocenters. The van der Waals surface area contributed by atoms with E-state index in [0.717, 1.165) is 13.0 Å². The Kier molecular flexibility index (Phi) is 7.59. The van der Waals surface area contributed by atoms with Crippen molar-refractivity contribution in [2.45, 2.75) is 31.2 Å². The number of nitriles is 1. The van der Waals surface area contributed by atoms with Crippen LogP contribution in [0.4, 0.5) is 13.2 Å². The molecule has 1 fully saturated rings. The molecule has 4 rings (SSSR count). The first-order valence-electron chi connectivity index (χ1n) is 9.79. The number of oxazole rings is 1. The third-order valence-electron chi connectivity index (χ3n) is 4.67. The number of nitrogens with one attached hydrogen (secondary N) is 2. The summed E-state index contributed by atoms with van der Waals surface area (Å²) in [6, 6.07) is 9.27. The van der Waals surface area contributed by atoms with Crippen molar-refractivity contribution in [3.8, 4) is 17.4 Å². The summed E-state index contributed by atoms with van der Waals surface area (Å²) >= 11 is 0. The Labute approximate surface area is 190 Å². The van der Waals surface area contributed by atoms with Gasteiger partial charge in [-0.3, -0.25) is 4.79 Å². The topological polar surface area (TPSA) is 159 Å². The smallest absolute Gasteiger partial charge is 0.475 e. The Balaban J connectivity index is 0.000000406. The fraction of sp³-hybridized carbons (Fsp3) is 0.300. The maximum absolute atomic E-state index is 12.4. The predicted molar refractivity (Wildman–Crippen MR) is 108 cm³/mol. The van der Waals surface area contributed by atoms with Gasteiger partial charge in [0.05, 0.1) is 17.8 Å². The van der Waals surface area contributed by atoms with Gasteiger partial charge in [-0.05, 0) is 18.6 Å². The molecule has 14 heteroatoms. The molecule has 2 aromatic heterocycles. The van der Waals surface area contributed by atoms with Gasteiger partial charge in [-0.15, -0.1) is 10.2 Å². The summed E-state index contributed by atoms with van der Waals surface area (Å²) in [5.74, 6) is -2.65. The predicted octanol–water partition coefficient (Wildman–Crippen LogP) is 1.60. The van der Waals surface area contributed by atoms with Crippen LogP contribution >= 0.6 is 0 Å². The summed E-state index contributed by atoms with van der Waals surface area (Å²) in [6.45, 7) is 1.42. The van der Waals surface area contributed by atoms with Gasteiger partial charge in [-0.1, -0.05) is 12.1 Å². The van der Waals surface area contributed by atoms with Gasteiger partial charge in [0.1, 0.15) is 12.7 Å². The first-order valence-corrected chi connectivity index (χ1v) is 9.79. The fourth-order valence-corrected chi connectivity index (χ4v) is 3.14. The highest BCUT2D eigenvalue weighted by molar-refractivity contribution is 5.90. The summed E-state index contributed by atoms with van der Waals surface area (Å²) in [5.41, 5.74) is 1.23. The van der Waals surface area contributed by atoms with Crippen LogP contribution in [0.1, 0.15) is 22.7 Å². The minimum atomic E-state index is -5.08. The van der Waals surface area contributed by atoms with Crippen molar-refractivity contribution in [2.75, 3.05) is 6.54 Å². The van der Waals surface area contributed by atoms with Crippen molar-refractivity contribution in [1.82, 2.24) is 30.4 Å². The normalized spacial score (nSPS) is 17.4. The van der Waals surface area contributed by atoms with Crippen LogP contribution < -0.4 is 10.6 Å². The van der Waals surface area contributed by atoms with E-state index in [-0.39, 0.29) is 23.9 Å². The van der Waals surface area contributed by atoms with E-state index in [2.05, 4.69) is 31.9 Å². The maximum Gasteiger partial charge on any atom is 0.490 e. The lowest BCUT2D eigenvalue weighted by molar-refractivity contribution is -0.192. The van der Waals surface area contributed by atoms with Crippen LogP contribution in [-0.2, 0) is 11.3 Å². The second-order valence-corrected chi connectivity index (χ2v) is 7.20. The highest BCUT2D eigenvalue weighted by atomic mass is 19.4. The number of carboxylic acid groups (broad SMARTS) is 1. The van der Waals surface area contributed by atoms with E-state index < -0.39 is 12.1 Å². The SMILES string of the molecule is N#Cc1cccc(-c2cnc(C(=O)N[C@H]3CN[C@H](Cn4cnnc4)C3)o2)c1.O=C(O)C(F)(F)F. The molecule has 3 N–H and O–H groups in total. The van der Waals surface area contributed by atoms with E-state index in [4.69, 9.17) is 19.6 Å². The average Bonchev–Trinajstić information content (AvgIpc) is 3.56. The molecular weight excluding hydrogens is 459 g/mol. The molecule has 3 heterocycles. The molecule has 0 bridgehead atoms. The number of nitrogens with zero attached hydrogens (tertiary/aromatic N) is 5. The van der Waals surface area contributed by atoms with E-state index >= 15 is 0 Å². The zero-order chi connectivity index (χ0) is 24.7. The minimum Gasteiger partial charge on any atom is -0.475 e. The molecule has 0 radical (unpaired) electrons. The molecule has 11 nitrogen and oxygen atoms in total. The Hall–Kier alpha value is -4.25. The summed E-state index contributed by atoms with van der Waals surface area (Å²) in [5, 5.41) is 30.0. The van der Waals surface area contributed by atoms with Crippen molar-refractivity contribution in [3.63, 3.8) is 0 Å². The number of hydrogen-bond acceptors (Lipinski definition) is 8. The lowest BCUT2D eigenvalue weighted by Crippen LogP contribution is -2.36. The van der Waals surface area contributed by atoms with Gasteiger partial charge >= 0.3 is 18.1 Å². The highest BCUT2D eigenvalue weighted by Gasteiger charge is 2.38. The number of aromatic nitrogens is 4. The molecule has 2 atom stereocenters. The zero-order valence-corrected chi connectivity index (χ0v) is 17.4. The zero-order valence-electron chi connectivity index (χ0n) is 17.4. The van der Waals surface area contributed by atoms with E-state index in [1.54, 1.807) is 36.9 Å². The number of amides is 1. The summed E-state index contributed by atoms with van der Waals surface area (Å²) < 4.78 is 39.2. The van der Waals surface area contributed by atoms with Crippen molar-refractivity contribution in [3.05, 3.63) is 54.6 Å². The van der Waals surface area contributed by atoms with Crippen LogP contribution in [0.2, 0.25) is 0 Å². The van der Waals surface area contributed by atoms with E-state index in [9.17, 15) is 18.0 Å². The molecule has 1 aromatic carbocycles. The van der Waals surface area contributed by atoms with Crippen LogP contribution in [0.25, 0.3) is 11.3 Å². The van der Waals surface area contributed by atoms with E-state index in [1.807, 2.05) is 4.57 Å². The minimum absolute atomic E-state index is 0.00347. The Morgan fingerprint density at radius 3 is 2.68 bits per heavy atom. The molecule has 1 aliphatic heterocycles. The molecular formula is C20H18F3N7O4. The molecule has 0 spiro atoms. The largest absolute Gasteiger partial charge is 0.490 e. The standard InChI is InChI=1S/C18H17N7O2.C2HF3O2/c19-6-12-2-1-3-13(4-12)16-8-21-18(27-16)17(26)24-14-5-15(20-7-14)9-25-10-22-23-11-25;3-2(4,5)1(6)7/h1-4,8,10-11,14-15,20H,5,7,9H2,(H,24,26);(H,6,7)/t14-,15+;/m1./s1. The summed E-state index contributed by atoms with van der Waals surface area (Å²) in [4.78, 5) is 25.4. The van der Waals surface area contributed by atoms with Gasteiger partial charge < -0.3 is 24.7 Å². The molecule has 1 amide bonds. The Morgan fingerprint density at radius 1 is 1.32 bits per heavy atom. The number of hydrogen-bond donors (Lipinski definition) is 3. The molecule has 3 aromatic rings. The number of aliphatic carboxylic acids is 1. The lowest BCUT2D eigenvalue weighted by atomic mass is 10.1. The van der Waals surface area contributed by atoms with Gasteiger partial charge in [-0.2, -0.15) is 18.4 Å². The number of rotatable bonds is 5. The molecule has 178 valence electrons. The molecule has 1 aliphatic rings. The van der Waals surface area contributed by atoms with Crippen LogP contribution in [0.5, 0.6) is 0 Å². The van der Waals surface area contributed by atoms with Crippen molar-refractivity contribution in [2.24, 2.45) is 0 Å². The van der Waals surface area contributed by atoms with Crippen LogP contribution in [0.3, 0.4) is 0 Å². The van der Waals surface area contributed by atoms with Crippen molar-refractivity contribution in [1.29, 1.82) is 5.26 Å². The third kappa shape index (κ3) is 6.62. The molecule has 1 saturated heterocycles. The average molecular weight is 477 g/mol. The van der Waals surface area contributed by atoms with Crippen LogP contribution in [0, 0.1) is 11.3 Å². The van der Waals surface area contributed by atoms with Gasteiger partial charge in [0.2, 0.25) is 0 Å². The first kappa shape index (κ1) is 24.4. The number of carbonyl (C=O) groups is 2. The van der Waals surface area contributed by atoms with E-state index in [1.165, 1.54) is 6.20 Å². The first-order chi connectivity index (χ1) is 16.2. The fourth-order valence-electron chi connectivity index (χ4n) is 3.14. The maximum atomic E-state index is 12.4. The second kappa shape index (κ2) is 10.6. The van der Waals surface area contributed by atoms with Crippen molar-refractivity contribution >= 4 is 11.9 Å². The second-order valence-electron chi connectivity index (χ2n) is 7.20. The molecule has 34 heavy (non-hydrogen) atoms. The van der Waals surface area contributed by atoms with Crippen LogP contribution in [0.15, 0.2) is 47.5 Å². The summed E-state index contributed by atoms with van der Waals surface area (Å²) in [6.07, 6.45) is 0.543. The molecule has 0 saturated carbocycles. The monoisotopic (exact) mass is 477 g/mol. The number of alkyl halides is 3. The third-order valence-corrected chi connectivity index (χ3v) is 4.67. The lowest BCUT2D eigenvalue weighted by Gasteiger charge is -2.11. The van der Waals surface area contributed by atoms with E-state index in [0.29, 0.717) is 23.4 Å². The number of carbonyl (C=O) groups excluding carboxylic acids is 1. The van der Waals surface area contributed by atoms with Crippen LogP contribution in [-0.4, -0.2) is 61.5 Å². The van der Waals surface area contributed by atoms with Gasteiger partial charge in [0.25, 0.3) is 5.89 Å². The van der Waals surface area contributed by atoms with Gasteiger partial charge in [0, 0.05) is 30.7 Å². The number of carboxylic acids is 1. The highest BCUT2D eigenvalue weighted by Crippen LogP contribution is 2.21. The summed E-state index contributed by atoms with van der Waals surface area (Å²) in [7, 11) is 0. The Morgan fingerprint density at radius 2 is 2.03 bits per heavy atom.